The number of likely N-dealkylation sites (tertiary alicyclic amines) is 1. The minimum absolute atomic E-state index is 0.111. The van der Waals surface area contributed by atoms with Gasteiger partial charge in [-0.1, -0.05) is 30.3 Å². The van der Waals surface area contributed by atoms with Crippen molar-refractivity contribution in [2.24, 2.45) is 0 Å². The van der Waals surface area contributed by atoms with Gasteiger partial charge >= 0.3 is 6.09 Å². The van der Waals surface area contributed by atoms with E-state index in [0.717, 1.165) is 32.4 Å². The molecule has 5 nitrogen and oxygen atoms in total. The zero-order chi connectivity index (χ0) is 17.7. The molecule has 0 aromatic heterocycles. The maximum Gasteiger partial charge on any atom is 0.407 e. The fourth-order valence-electron chi connectivity index (χ4n) is 4.48. The lowest BCUT2D eigenvalue weighted by Crippen LogP contribution is -2.48. The molecule has 0 bridgehead atoms. The molecule has 1 aliphatic heterocycles. The lowest BCUT2D eigenvalue weighted by atomic mass is 9.74. The normalized spacial score (nSPS) is 30.2. The van der Waals surface area contributed by atoms with Crippen LogP contribution in [0.1, 0.15) is 44.6 Å². The van der Waals surface area contributed by atoms with Gasteiger partial charge in [-0.3, -0.25) is 4.90 Å². The summed E-state index contributed by atoms with van der Waals surface area (Å²) in [5, 5.41) is 6.59. The number of rotatable bonds is 5. The Kier molecular flexibility index (Phi) is 5.97. The second kappa shape index (κ2) is 8.19. The molecule has 0 radical (unpaired) electrons. The first-order chi connectivity index (χ1) is 12.2. The van der Waals surface area contributed by atoms with Crippen molar-refractivity contribution < 1.29 is 9.53 Å². The van der Waals surface area contributed by atoms with Gasteiger partial charge in [0.2, 0.25) is 0 Å². The van der Waals surface area contributed by atoms with E-state index in [1.54, 1.807) is 0 Å². The van der Waals surface area contributed by atoms with E-state index in [2.05, 4.69) is 52.9 Å². The number of carbonyl (C=O) groups excluding carboxylic acids is 1. The fourth-order valence-corrected chi connectivity index (χ4v) is 4.48. The highest BCUT2D eigenvalue weighted by Gasteiger charge is 2.38. The van der Waals surface area contributed by atoms with Crippen molar-refractivity contribution >= 4 is 6.09 Å². The molecule has 1 aromatic rings. The molecule has 1 aliphatic carbocycles. The van der Waals surface area contributed by atoms with Gasteiger partial charge in [-0.05, 0) is 51.6 Å². The fraction of sp³-hybridized carbons (Fsp3) is 0.650. The van der Waals surface area contributed by atoms with Gasteiger partial charge in [0.25, 0.3) is 0 Å². The molecule has 25 heavy (non-hydrogen) atoms. The number of nitrogens with zero attached hydrogens (tertiary/aromatic N) is 1. The highest BCUT2D eigenvalue weighted by Crippen LogP contribution is 2.39. The average Bonchev–Trinajstić information content (AvgIpc) is 3.11. The molecule has 5 heteroatoms. The van der Waals surface area contributed by atoms with Gasteiger partial charge in [0, 0.05) is 30.7 Å². The van der Waals surface area contributed by atoms with Crippen LogP contribution in [0.3, 0.4) is 0 Å². The summed E-state index contributed by atoms with van der Waals surface area (Å²) in [6.07, 6.45) is 5.45. The van der Waals surface area contributed by atoms with Gasteiger partial charge < -0.3 is 15.4 Å². The minimum atomic E-state index is -0.281. The molecule has 2 fully saturated rings. The molecule has 1 saturated carbocycles. The molecule has 1 saturated heterocycles. The van der Waals surface area contributed by atoms with Crippen molar-refractivity contribution in [3.05, 3.63) is 35.9 Å². The first-order valence-electron chi connectivity index (χ1n) is 9.58. The Morgan fingerprint density at radius 3 is 2.60 bits per heavy atom. The molecule has 2 aliphatic rings. The van der Waals surface area contributed by atoms with Crippen molar-refractivity contribution in [2.45, 2.75) is 56.7 Å². The predicted octanol–water partition coefficient (Wildman–Crippen LogP) is 2.86. The van der Waals surface area contributed by atoms with Crippen LogP contribution in [0.25, 0.3) is 0 Å². The summed E-state index contributed by atoms with van der Waals surface area (Å²) >= 11 is 0. The van der Waals surface area contributed by atoms with Crippen molar-refractivity contribution in [3.63, 3.8) is 0 Å². The number of hydrogen-bond acceptors (Lipinski definition) is 4. The van der Waals surface area contributed by atoms with Crippen LogP contribution in [-0.4, -0.2) is 49.8 Å². The number of carbonyl (C=O) groups is 1. The zero-order valence-electron chi connectivity index (χ0n) is 15.5. The quantitative estimate of drug-likeness (QED) is 0.862. The Morgan fingerprint density at radius 2 is 1.96 bits per heavy atom. The Balaban J connectivity index is 1.53. The zero-order valence-corrected chi connectivity index (χ0v) is 15.5. The van der Waals surface area contributed by atoms with Gasteiger partial charge in [-0.25, -0.2) is 4.79 Å². The number of alkyl carbamates (subject to hydrolysis) is 1. The molecule has 1 heterocycles. The largest absolute Gasteiger partial charge is 0.450 e. The van der Waals surface area contributed by atoms with E-state index in [0.29, 0.717) is 12.6 Å². The Bertz CT molecular complexity index is 555. The summed E-state index contributed by atoms with van der Waals surface area (Å²) in [6.45, 7) is 4.28. The lowest BCUT2D eigenvalue weighted by molar-refractivity contribution is 0.127. The van der Waals surface area contributed by atoms with Crippen LogP contribution in [0, 0.1) is 0 Å². The van der Waals surface area contributed by atoms with E-state index in [-0.39, 0.29) is 17.7 Å². The Hall–Kier alpha value is -1.59. The van der Waals surface area contributed by atoms with E-state index in [1.807, 2.05) is 6.92 Å². The number of benzene rings is 1. The second-order valence-corrected chi connectivity index (χ2v) is 7.27. The molecule has 0 unspecified atom stereocenters. The first-order valence-corrected chi connectivity index (χ1v) is 9.58. The molecular formula is C20H31N3O2. The van der Waals surface area contributed by atoms with Crippen molar-refractivity contribution in [3.8, 4) is 0 Å². The third kappa shape index (κ3) is 4.15. The summed E-state index contributed by atoms with van der Waals surface area (Å²) in [5.41, 5.74) is 1.51. The predicted molar refractivity (Wildman–Crippen MR) is 99.6 cm³/mol. The van der Waals surface area contributed by atoms with Crippen LogP contribution in [-0.2, 0) is 10.3 Å². The number of ether oxygens (including phenoxy) is 1. The topological polar surface area (TPSA) is 53.6 Å². The number of hydrogen-bond donors (Lipinski definition) is 2. The summed E-state index contributed by atoms with van der Waals surface area (Å²) < 4.78 is 5.00. The summed E-state index contributed by atoms with van der Waals surface area (Å²) in [5.74, 6) is 0. The van der Waals surface area contributed by atoms with Crippen LogP contribution >= 0.6 is 0 Å². The van der Waals surface area contributed by atoms with Gasteiger partial charge in [-0.2, -0.15) is 0 Å². The summed E-state index contributed by atoms with van der Waals surface area (Å²) in [7, 11) is 2.09. The monoisotopic (exact) mass is 345 g/mol. The van der Waals surface area contributed by atoms with Crippen molar-refractivity contribution in [1.82, 2.24) is 15.5 Å². The molecule has 1 aromatic carbocycles. The van der Waals surface area contributed by atoms with E-state index >= 15 is 0 Å². The van der Waals surface area contributed by atoms with Crippen LogP contribution < -0.4 is 10.6 Å². The van der Waals surface area contributed by atoms with Crippen LogP contribution in [0.2, 0.25) is 0 Å². The molecule has 1 atom stereocenters. The third-order valence-corrected chi connectivity index (χ3v) is 5.95. The van der Waals surface area contributed by atoms with Crippen molar-refractivity contribution in [1.29, 1.82) is 0 Å². The summed E-state index contributed by atoms with van der Waals surface area (Å²) in [6, 6.07) is 11.7. The molecule has 3 rings (SSSR count). The third-order valence-electron chi connectivity index (χ3n) is 5.95. The van der Waals surface area contributed by atoms with Gasteiger partial charge in [0.1, 0.15) is 0 Å². The molecule has 0 spiro atoms. The Labute approximate surface area is 151 Å². The first kappa shape index (κ1) is 18.2. The second-order valence-electron chi connectivity index (χ2n) is 7.27. The van der Waals surface area contributed by atoms with Crippen LogP contribution in [0.4, 0.5) is 4.79 Å². The van der Waals surface area contributed by atoms with Gasteiger partial charge in [0.05, 0.1) is 6.61 Å². The van der Waals surface area contributed by atoms with Crippen molar-refractivity contribution in [2.75, 3.05) is 26.7 Å². The number of nitrogens with one attached hydrogen (secondary N) is 2. The van der Waals surface area contributed by atoms with E-state index in [4.69, 9.17) is 4.74 Å². The van der Waals surface area contributed by atoms with E-state index in [9.17, 15) is 4.79 Å². The average molecular weight is 345 g/mol. The van der Waals surface area contributed by atoms with Gasteiger partial charge in [-0.15, -0.1) is 0 Å². The standard InChI is InChI=1S/C20H31N3O2/c1-3-25-19(24)22-17-11-14-23(15-17)18-9-12-20(21-2,13-10-18)16-7-5-4-6-8-16/h4-8,17-18,21H,3,9-15H2,1-2H3,(H,22,24)/t17-,18?,20?/m0/s1. The highest BCUT2D eigenvalue weighted by molar-refractivity contribution is 5.67. The smallest absolute Gasteiger partial charge is 0.407 e. The molecule has 2 N–H and O–H groups in total. The molecule has 1 amide bonds. The van der Waals surface area contributed by atoms with Crippen LogP contribution in [0.15, 0.2) is 30.3 Å². The number of amides is 1. The lowest BCUT2D eigenvalue weighted by Gasteiger charge is -2.43. The SMILES string of the molecule is CCOC(=O)N[C@H]1CCN(C2CCC(NC)(c3ccccc3)CC2)C1. The van der Waals surface area contributed by atoms with E-state index in [1.165, 1.54) is 18.4 Å². The molecular weight excluding hydrogens is 314 g/mol. The Morgan fingerprint density at radius 1 is 1.24 bits per heavy atom. The van der Waals surface area contributed by atoms with Crippen LogP contribution in [0.5, 0.6) is 0 Å². The van der Waals surface area contributed by atoms with Gasteiger partial charge in [0.15, 0.2) is 0 Å². The maximum absolute atomic E-state index is 11.6. The molecule has 138 valence electrons. The highest BCUT2D eigenvalue weighted by atomic mass is 16.5. The minimum Gasteiger partial charge on any atom is -0.450 e. The maximum atomic E-state index is 11.6. The summed E-state index contributed by atoms with van der Waals surface area (Å²) in [4.78, 5) is 14.2. The van der Waals surface area contributed by atoms with E-state index < -0.39 is 0 Å².